The van der Waals surface area contributed by atoms with Crippen LogP contribution < -0.4 is 0 Å². The van der Waals surface area contributed by atoms with Crippen molar-refractivity contribution in [1.82, 2.24) is 0 Å². The Kier molecular flexibility index (Phi) is 10.7. The fourth-order valence-corrected chi connectivity index (χ4v) is 4.12. The zero-order chi connectivity index (χ0) is 25.4. The molecule has 0 unspecified atom stereocenters. The zero-order valence-corrected chi connectivity index (χ0v) is 18.3. The maximum atomic E-state index is 10.6. The van der Waals surface area contributed by atoms with Crippen LogP contribution in [0.1, 0.15) is 0 Å². The zero-order valence-electron chi connectivity index (χ0n) is 18.3. The Labute approximate surface area is 198 Å². The molecule has 0 spiro atoms. The van der Waals surface area contributed by atoms with Gasteiger partial charge in [0, 0.05) is 0 Å². The van der Waals surface area contributed by atoms with Crippen molar-refractivity contribution in [2.24, 2.45) is 0 Å². The van der Waals surface area contributed by atoms with Crippen molar-refractivity contribution >= 4 is 0 Å². The molecule has 3 heterocycles. The third-order valence-electron chi connectivity index (χ3n) is 6.17. The first-order chi connectivity index (χ1) is 16.0. The molecule has 0 aromatic rings. The SMILES string of the molecule is O.OC[C@H]1O[C@@](CO)(O[C@H]2O[C@H](CO)[C@@H](O)[C@H](O)[C@H]2O)[C@@H](O[C@H]2O[C@H](CO)[C@@H](O)[C@H](O)[C@@H]2O)[C@@H]1O. The van der Waals surface area contributed by atoms with Gasteiger partial charge in [0.05, 0.1) is 19.8 Å². The molecule has 17 heteroatoms. The summed E-state index contributed by atoms with van der Waals surface area (Å²) in [6.07, 6.45) is -22.3. The van der Waals surface area contributed by atoms with Crippen LogP contribution in [0.2, 0.25) is 0 Å². The van der Waals surface area contributed by atoms with E-state index in [1.165, 1.54) is 0 Å². The Bertz CT molecular complexity index is 653. The molecular weight excluding hydrogens is 488 g/mol. The molecule has 3 rings (SSSR count). The monoisotopic (exact) mass is 522 g/mol. The van der Waals surface area contributed by atoms with Gasteiger partial charge in [0.1, 0.15) is 73.8 Å². The Morgan fingerprint density at radius 3 is 1.49 bits per heavy atom. The molecule has 35 heavy (non-hydrogen) atoms. The second-order valence-corrected chi connectivity index (χ2v) is 8.37. The van der Waals surface area contributed by atoms with E-state index in [1.54, 1.807) is 0 Å². The quantitative estimate of drug-likeness (QED) is 0.141. The Morgan fingerprint density at radius 1 is 0.571 bits per heavy atom. The highest BCUT2D eigenvalue weighted by atomic mass is 16.8. The van der Waals surface area contributed by atoms with E-state index >= 15 is 0 Å². The van der Waals surface area contributed by atoms with Crippen LogP contribution in [-0.2, 0) is 23.7 Å². The van der Waals surface area contributed by atoms with Gasteiger partial charge in [-0.25, -0.2) is 0 Å². The summed E-state index contributed by atoms with van der Waals surface area (Å²) in [4.78, 5) is 0. The number of aliphatic hydroxyl groups is 11. The lowest BCUT2D eigenvalue weighted by Gasteiger charge is -2.45. The van der Waals surface area contributed by atoms with E-state index in [4.69, 9.17) is 23.7 Å². The molecule has 0 aliphatic carbocycles. The van der Waals surface area contributed by atoms with Crippen LogP contribution in [-0.4, -0.2) is 174 Å². The molecule has 14 atom stereocenters. The molecule has 0 aromatic heterocycles. The largest absolute Gasteiger partial charge is 0.412 e. The van der Waals surface area contributed by atoms with Gasteiger partial charge in [-0.3, -0.25) is 0 Å². The predicted molar refractivity (Wildman–Crippen MR) is 105 cm³/mol. The number of aliphatic hydroxyl groups excluding tert-OH is 11. The van der Waals surface area contributed by atoms with Gasteiger partial charge >= 0.3 is 0 Å². The number of hydrogen-bond donors (Lipinski definition) is 11. The van der Waals surface area contributed by atoms with Gasteiger partial charge in [0.15, 0.2) is 12.6 Å². The van der Waals surface area contributed by atoms with E-state index in [1.807, 2.05) is 0 Å². The van der Waals surface area contributed by atoms with Gasteiger partial charge in [-0.2, -0.15) is 0 Å². The van der Waals surface area contributed by atoms with Crippen LogP contribution in [0.4, 0.5) is 0 Å². The molecule has 0 radical (unpaired) electrons. The van der Waals surface area contributed by atoms with Crippen molar-refractivity contribution in [3.8, 4) is 0 Å². The highest BCUT2D eigenvalue weighted by molar-refractivity contribution is 5.01. The van der Waals surface area contributed by atoms with E-state index in [9.17, 15) is 56.2 Å². The molecule has 0 saturated carbocycles. The molecule has 3 saturated heterocycles. The number of ether oxygens (including phenoxy) is 5. The molecule has 13 N–H and O–H groups in total. The highest BCUT2D eigenvalue weighted by Crippen LogP contribution is 2.39. The third kappa shape index (κ3) is 5.61. The normalized spacial score (nSPS) is 50.7. The van der Waals surface area contributed by atoms with Crippen molar-refractivity contribution in [3.63, 3.8) is 0 Å². The van der Waals surface area contributed by atoms with Gasteiger partial charge < -0.3 is 85.3 Å². The third-order valence-corrected chi connectivity index (χ3v) is 6.17. The first-order valence-electron chi connectivity index (χ1n) is 10.6. The predicted octanol–water partition coefficient (Wildman–Crippen LogP) is -8.40. The lowest BCUT2D eigenvalue weighted by Crippen LogP contribution is -2.64. The molecule has 3 fully saturated rings. The first-order valence-corrected chi connectivity index (χ1v) is 10.6. The summed E-state index contributed by atoms with van der Waals surface area (Å²) in [5, 5.41) is 109. The number of rotatable bonds is 8. The average Bonchev–Trinajstić information content (AvgIpc) is 3.10. The second kappa shape index (κ2) is 12.2. The summed E-state index contributed by atoms with van der Waals surface area (Å²) in [6, 6.07) is 0. The van der Waals surface area contributed by atoms with Crippen LogP contribution in [0.15, 0.2) is 0 Å². The minimum absolute atomic E-state index is 0. The topological polar surface area (TPSA) is 300 Å². The van der Waals surface area contributed by atoms with Crippen LogP contribution in [0.25, 0.3) is 0 Å². The highest BCUT2D eigenvalue weighted by Gasteiger charge is 2.61. The smallest absolute Gasteiger partial charge is 0.224 e. The molecule has 208 valence electrons. The van der Waals surface area contributed by atoms with E-state index in [-0.39, 0.29) is 5.48 Å². The van der Waals surface area contributed by atoms with E-state index in [0.29, 0.717) is 0 Å². The summed E-state index contributed by atoms with van der Waals surface area (Å²) < 4.78 is 27.0. The molecule has 3 aliphatic rings. The maximum Gasteiger partial charge on any atom is 0.224 e. The Hall–Kier alpha value is -0.680. The Morgan fingerprint density at radius 2 is 1.03 bits per heavy atom. The molecular formula is C18H34O17. The van der Waals surface area contributed by atoms with E-state index in [2.05, 4.69) is 0 Å². The minimum atomic E-state index is -2.43. The van der Waals surface area contributed by atoms with Crippen molar-refractivity contribution in [2.45, 2.75) is 85.5 Å². The van der Waals surface area contributed by atoms with Crippen LogP contribution in [0.3, 0.4) is 0 Å². The summed E-state index contributed by atoms with van der Waals surface area (Å²) in [5.41, 5.74) is 0. The van der Waals surface area contributed by atoms with Crippen molar-refractivity contribution < 1.29 is 85.3 Å². The van der Waals surface area contributed by atoms with Crippen LogP contribution >= 0.6 is 0 Å². The maximum absolute atomic E-state index is 10.6. The standard InChI is InChI=1S/C18H32O16.H2O/c19-1-5-8(23)11(26)13(28)16(30-5)32-15-10(25)7(3-21)33-18(15,4-22)34-17-14(29)12(27)9(24)6(2-20)31-17;/h5-17,19-29H,1-4H2;1H2/t5-,6-,7-,8-,9-,10-,11+,12+,13+,14-,15+,16-,17-,18+;/m1./s1. The summed E-state index contributed by atoms with van der Waals surface area (Å²) in [7, 11) is 0. The van der Waals surface area contributed by atoms with Crippen LogP contribution in [0.5, 0.6) is 0 Å². The van der Waals surface area contributed by atoms with Gasteiger partial charge in [0.25, 0.3) is 0 Å². The number of hydrogen-bond acceptors (Lipinski definition) is 16. The van der Waals surface area contributed by atoms with E-state index < -0.39 is 112 Å². The van der Waals surface area contributed by atoms with Crippen molar-refractivity contribution in [2.75, 3.05) is 26.4 Å². The molecule has 17 nitrogen and oxygen atoms in total. The van der Waals surface area contributed by atoms with Gasteiger partial charge in [-0.05, 0) is 0 Å². The lowest BCUT2D eigenvalue weighted by molar-refractivity contribution is -0.400. The molecule has 0 bridgehead atoms. The fourth-order valence-electron chi connectivity index (χ4n) is 4.12. The minimum Gasteiger partial charge on any atom is -0.412 e. The van der Waals surface area contributed by atoms with Crippen molar-refractivity contribution in [3.05, 3.63) is 0 Å². The van der Waals surface area contributed by atoms with Gasteiger partial charge in [-0.15, -0.1) is 0 Å². The van der Waals surface area contributed by atoms with E-state index in [0.717, 1.165) is 0 Å². The lowest BCUT2D eigenvalue weighted by atomic mass is 9.98. The molecule has 3 aliphatic heterocycles. The summed E-state index contributed by atoms with van der Waals surface area (Å²) >= 11 is 0. The van der Waals surface area contributed by atoms with Gasteiger partial charge in [-0.1, -0.05) is 0 Å². The Balaban J connectivity index is 0.00000432. The van der Waals surface area contributed by atoms with Crippen molar-refractivity contribution in [1.29, 1.82) is 0 Å². The second-order valence-electron chi connectivity index (χ2n) is 8.37. The first kappa shape index (κ1) is 30.5. The molecule has 0 amide bonds. The summed E-state index contributed by atoms with van der Waals surface area (Å²) in [5.74, 6) is -2.43. The fraction of sp³-hybridized carbons (Fsp3) is 1.00. The average molecular weight is 522 g/mol. The van der Waals surface area contributed by atoms with Gasteiger partial charge in [0.2, 0.25) is 5.79 Å². The summed E-state index contributed by atoms with van der Waals surface area (Å²) in [6.45, 7) is -3.49. The molecule has 0 aromatic carbocycles. The van der Waals surface area contributed by atoms with Crippen LogP contribution in [0, 0.1) is 0 Å².